The first-order valence-electron chi connectivity index (χ1n) is 4.75. The molecule has 3 heteroatoms. The molecule has 0 spiro atoms. The molecule has 0 unspecified atom stereocenters. The van der Waals surface area contributed by atoms with E-state index in [0.717, 1.165) is 15.8 Å². The minimum atomic E-state index is 1.08. The van der Waals surface area contributed by atoms with Gasteiger partial charge in [-0.2, -0.15) is 0 Å². The lowest BCUT2D eigenvalue weighted by Gasteiger charge is -2.22. The Balaban J connectivity index is 2.26. The molecule has 0 aromatic heterocycles. The molecule has 2 N–H and O–H groups in total. The quantitative estimate of drug-likeness (QED) is 0.752. The number of anilines is 2. The fourth-order valence-corrected chi connectivity index (χ4v) is 2.18. The van der Waals surface area contributed by atoms with Crippen molar-refractivity contribution in [3.63, 3.8) is 0 Å². The minimum Gasteiger partial charge on any atom is -0.300 e. The lowest BCUT2D eigenvalue weighted by molar-refractivity contribution is 1.37. The first-order valence-corrected chi connectivity index (χ1v) is 5.55. The standard InChI is InChI=1S/C12H9BrN2/c13-8-5-6-10-9-3-1-2-4-11(9)14-15-12(10)7-8/h1-7,14-15H. The number of fused-ring (bicyclic) bond motifs is 3. The van der Waals surface area contributed by atoms with Crippen LogP contribution in [0.1, 0.15) is 0 Å². The minimum absolute atomic E-state index is 1.08. The summed E-state index contributed by atoms with van der Waals surface area (Å²) >= 11 is 3.46. The molecule has 1 aliphatic heterocycles. The van der Waals surface area contributed by atoms with Gasteiger partial charge in [-0.25, -0.2) is 0 Å². The molecule has 2 aromatic rings. The number of halogens is 1. The summed E-state index contributed by atoms with van der Waals surface area (Å²) in [5.41, 5.74) is 11.0. The lowest BCUT2D eigenvalue weighted by Crippen LogP contribution is -2.14. The maximum absolute atomic E-state index is 3.46. The van der Waals surface area contributed by atoms with Crippen LogP contribution in [-0.4, -0.2) is 0 Å². The molecule has 0 atom stereocenters. The second kappa shape index (κ2) is 3.28. The number of hydrogen-bond acceptors (Lipinski definition) is 2. The Hall–Kier alpha value is -1.48. The molecule has 15 heavy (non-hydrogen) atoms. The molecule has 2 nitrogen and oxygen atoms in total. The topological polar surface area (TPSA) is 24.1 Å². The highest BCUT2D eigenvalue weighted by atomic mass is 79.9. The van der Waals surface area contributed by atoms with Gasteiger partial charge in [-0.1, -0.05) is 40.2 Å². The van der Waals surface area contributed by atoms with Gasteiger partial charge in [-0.3, -0.25) is 0 Å². The van der Waals surface area contributed by atoms with Crippen LogP contribution in [0.2, 0.25) is 0 Å². The number of rotatable bonds is 0. The van der Waals surface area contributed by atoms with Gasteiger partial charge < -0.3 is 10.9 Å². The Morgan fingerprint density at radius 2 is 1.53 bits per heavy atom. The summed E-state index contributed by atoms with van der Waals surface area (Å²) in [6.45, 7) is 0. The summed E-state index contributed by atoms with van der Waals surface area (Å²) < 4.78 is 1.08. The van der Waals surface area contributed by atoms with Gasteiger partial charge in [0, 0.05) is 15.6 Å². The van der Waals surface area contributed by atoms with Crippen molar-refractivity contribution in [1.82, 2.24) is 0 Å². The summed E-state index contributed by atoms with van der Waals surface area (Å²) in [6.07, 6.45) is 0. The van der Waals surface area contributed by atoms with E-state index in [9.17, 15) is 0 Å². The van der Waals surface area contributed by atoms with E-state index in [2.05, 4.69) is 63.2 Å². The van der Waals surface area contributed by atoms with Gasteiger partial charge >= 0.3 is 0 Å². The predicted octanol–water partition coefficient (Wildman–Crippen LogP) is 3.87. The van der Waals surface area contributed by atoms with E-state index in [-0.39, 0.29) is 0 Å². The van der Waals surface area contributed by atoms with Crippen LogP contribution in [0.15, 0.2) is 46.9 Å². The van der Waals surface area contributed by atoms with Crippen molar-refractivity contribution >= 4 is 27.3 Å². The van der Waals surface area contributed by atoms with E-state index in [4.69, 9.17) is 0 Å². The van der Waals surface area contributed by atoms with E-state index in [1.807, 2.05) is 6.07 Å². The molecule has 0 saturated carbocycles. The molecule has 2 aromatic carbocycles. The number of para-hydroxylation sites is 1. The maximum Gasteiger partial charge on any atom is 0.0630 e. The molecule has 3 rings (SSSR count). The molecule has 1 aliphatic rings. The van der Waals surface area contributed by atoms with Gasteiger partial charge in [-0.15, -0.1) is 0 Å². The van der Waals surface area contributed by atoms with Crippen LogP contribution in [0.3, 0.4) is 0 Å². The van der Waals surface area contributed by atoms with Gasteiger partial charge in [0.1, 0.15) is 0 Å². The van der Waals surface area contributed by atoms with Crippen LogP contribution >= 0.6 is 15.9 Å². The predicted molar refractivity (Wildman–Crippen MR) is 66.8 cm³/mol. The lowest BCUT2D eigenvalue weighted by atomic mass is 10.0. The molecule has 74 valence electrons. The second-order valence-electron chi connectivity index (χ2n) is 3.49. The number of hydrogen-bond donors (Lipinski definition) is 2. The number of benzene rings is 2. The van der Waals surface area contributed by atoms with Crippen molar-refractivity contribution < 1.29 is 0 Å². The molecular formula is C12H9BrN2. The van der Waals surface area contributed by atoms with Crippen LogP contribution in [0.5, 0.6) is 0 Å². The van der Waals surface area contributed by atoms with Crippen molar-refractivity contribution in [2.75, 3.05) is 10.9 Å². The highest BCUT2D eigenvalue weighted by Gasteiger charge is 2.13. The summed E-state index contributed by atoms with van der Waals surface area (Å²) in [5.74, 6) is 0. The highest BCUT2D eigenvalue weighted by molar-refractivity contribution is 9.10. The largest absolute Gasteiger partial charge is 0.300 e. The summed E-state index contributed by atoms with van der Waals surface area (Å²) in [4.78, 5) is 0. The molecule has 0 saturated heterocycles. The van der Waals surface area contributed by atoms with Crippen LogP contribution in [-0.2, 0) is 0 Å². The van der Waals surface area contributed by atoms with Gasteiger partial charge in [0.15, 0.2) is 0 Å². The zero-order chi connectivity index (χ0) is 10.3. The van der Waals surface area contributed by atoms with Crippen LogP contribution in [0, 0.1) is 0 Å². The highest BCUT2D eigenvalue weighted by Crippen LogP contribution is 2.38. The summed E-state index contributed by atoms with van der Waals surface area (Å²) in [6, 6.07) is 14.5. The normalized spacial score (nSPS) is 12.1. The van der Waals surface area contributed by atoms with E-state index >= 15 is 0 Å². The van der Waals surface area contributed by atoms with Crippen molar-refractivity contribution in [3.8, 4) is 11.1 Å². The van der Waals surface area contributed by atoms with E-state index in [1.165, 1.54) is 11.1 Å². The fourth-order valence-electron chi connectivity index (χ4n) is 1.82. The van der Waals surface area contributed by atoms with Gasteiger partial charge in [-0.05, 0) is 18.2 Å². The molecule has 0 amide bonds. The third-order valence-electron chi connectivity index (χ3n) is 2.53. The van der Waals surface area contributed by atoms with Crippen molar-refractivity contribution in [2.45, 2.75) is 0 Å². The second-order valence-corrected chi connectivity index (χ2v) is 4.40. The summed E-state index contributed by atoms with van der Waals surface area (Å²) in [7, 11) is 0. The van der Waals surface area contributed by atoms with E-state index in [0.29, 0.717) is 0 Å². The molecule has 1 heterocycles. The van der Waals surface area contributed by atoms with Gasteiger partial charge in [0.05, 0.1) is 11.4 Å². The molecule has 0 bridgehead atoms. The first kappa shape index (κ1) is 8.80. The smallest absolute Gasteiger partial charge is 0.0630 e. The third kappa shape index (κ3) is 1.39. The van der Waals surface area contributed by atoms with Crippen LogP contribution < -0.4 is 10.9 Å². The molecule has 0 fully saturated rings. The number of nitrogens with one attached hydrogen (secondary N) is 2. The SMILES string of the molecule is Brc1ccc2c(c1)NNc1ccccc1-2. The van der Waals surface area contributed by atoms with Gasteiger partial charge in [0.25, 0.3) is 0 Å². The van der Waals surface area contributed by atoms with Crippen molar-refractivity contribution in [3.05, 3.63) is 46.9 Å². The molecule has 0 aliphatic carbocycles. The Labute approximate surface area is 96.4 Å². The maximum atomic E-state index is 3.46. The fraction of sp³-hybridized carbons (Fsp3) is 0. The molecule has 0 radical (unpaired) electrons. The summed E-state index contributed by atoms with van der Waals surface area (Å²) in [5, 5.41) is 0. The Morgan fingerprint density at radius 1 is 0.800 bits per heavy atom. The monoisotopic (exact) mass is 260 g/mol. The molecular weight excluding hydrogens is 252 g/mol. The van der Waals surface area contributed by atoms with Crippen LogP contribution in [0.4, 0.5) is 11.4 Å². The average Bonchev–Trinajstić information content (AvgIpc) is 2.28. The van der Waals surface area contributed by atoms with Crippen molar-refractivity contribution in [2.24, 2.45) is 0 Å². The Morgan fingerprint density at radius 3 is 2.47 bits per heavy atom. The van der Waals surface area contributed by atoms with E-state index < -0.39 is 0 Å². The van der Waals surface area contributed by atoms with Crippen molar-refractivity contribution in [1.29, 1.82) is 0 Å². The van der Waals surface area contributed by atoms with Crippen LogP contribution in [0.25, 0.3) is 11.1 Å². The zero-order valence-corrected chi connectivity index (χ0v) is 9.51. The van der Waals surface area contributed by atoms with E-state index in [1.54, 1.807) is 0 Å². The average molecular weight is 261 g/mol. The third-order valence-corrected chi connectivity index (χ3v) is 3.02. The zero-order valence-electron chi connectivity index (χ0n) is 7.92. The number of hydrazine groups is 1. The van der Waals surface area contributed by atoms with Gasteiger partial charge in [0.2, 0.25) is 0 Å². The Bertz CT molecular complexity index is 523. The Kier molecular flexibility index (Phi) is 1.92. The first-order chi connectivity index (χ1) is 7.34.